The number of rotatable bonds is 6. The van der Waals surface area contributed by atoms with E-state index in [0.29, 0.717) is 6.54 Å². The number of nitrogens with two attached hydrogens (primary N) is 1. The summed E-state index contributed by atoms with van der Waals surface area (Å²) in [7, 11) is 0. The van der Waals surface area contributed by atoms with Crippen LogP contribution >= 0.6 is 0 Å². The van der Waals surface area contributed by atoms with Crippen molar-refractivity contribution in [1.29, 1.82) is 0 Å². The maximum atomic E-state index is 9.14. The number of hydrogen-bond donors (Lipinski definition) is 3. The summed E-state index contributed by atoms with van der Waals surface area (Å²) in [5, 5.41) is 25.5. The number of hydrogen-bond acceptors (Lipinski definition) is 5. The molecule has 1 atom stereocenters. The first-order valence-corrected chi connectivity index (χ1v) is 4.64. The van der Waals surface area contributed by atoms with Gasteiger partial charge in [0.1, 0.15) is 0 Å². The van der Waals surface area contributed by atoms with Crippen LogP contribution in [0.1, 0.15) is 12.1 Å². The molecule has 0 amide bonds. The molecule has 0 saturated carbocycles. The maximum Gasteiger partial charge on any atom is 0.0966 e. The third-order valence-electron chi connectivity index (χ3n) is 1.83. The van der Waals surface area contributed by atoms with E-state index in [-0.39, 0.29) is 13.2 Å². The van der Waals surface area contributed by atoms with Crippen molar-refractivity contribution in [2.45, 2.75) is 25.5 Å². The molecule has 0 aliphatic heterocycles. The Hall–Kier alpha value is -0.980. The second-order valence-electron chi connectivity index (χ2n) is 3.16. The van der Waals surface area contributed by atoms with Crippen molar-refractivity contribution in [3.63, 3.8) is 0 Å². The van der Waals surface area contributed by atoms with Crippen LogP contribution in [0.4, 0.5) is 0 Å². The van der Waals surface area contributed by atoms with E-state index in [1.54, 1.807) is 6.20 Å². The molecule has 1 aromatic rings. The topological polar surface area (TPSA) is 97.2 Å². The summed E-state index contributed by atoms with van der Waals surface area (Å²) < 4.78 is 1.52. The average molecular weight is 200 g/mol. The zero-order valence-electron chi connectivity index (χ0n) is 8.00. The average Bonchev–Trinajstić information content (AvgIpc) is 2.62. The molecule has 4 N–H and O–H groups in total. The first kappa shape index (κ1) is 11.1. The quantitative estimate of drug-likeness (QED) is 0.520. The molecule has 14 heavy (non-hydrogen) atoms. The molecule has 0 aliphatic rings. The molecule has 6 heteroatoms. The van der Waals surface area contributed by atoms with E-state index in [9.17, 15) is 0 Å². The Bertz CT molecular complexity index is 264. The summed E-state index contributed by atoms with van der Waals surface area (Å²) in [6.07, 6.45) is 2.65. The molecule has 1 heterocycles. The SMILES string of the molecule is NCCCc1cn(CC(O)CO)nn1. The highest BCUT2D eigenvalue weighted by Crippen LogP contribution is 1.98. The largest absolute Gasteiger partial charge is 0.394 e. The van der Waals surface area contributed by atoms with E-state index in [1.807, 2.05) is 0 Å². The highest BCUT2D eigenvalue weighted by Gasteiger charge is 2.05. The summed E-state index contributed by atoms with van der Waals surface area (Å²) in [6, 6.07) is 0. The molecule has 0 aromatic carbocycles. The van der Waals surface area contributed by atoms with Gasteiger partial charge in [0, 0.05) is 6.20 Å². The molecular formula is C8H16N4O2. The molecule has 6 nitrogen and oxygen atoms in total. The van der Waals surface area contributed by atoms with Gasteiger partial charge in [-0.2, -0.15) is 0 Å². The van der Waals surface area contributed by atoms with Gasteiger partial charge in [0.15, 0.2) is 0 Å². The molecule has 0 spiro atoms. The normalized spacial score (nSPS) is 13.1. The third kappa shape index (κ3) is 3.41. The zero-order chi connectivity index (χ0) is 10.4. The van der Waals surface area contributed by atoms with Crippen LogP contribution in [-0.2, 0) is 13.0 Å². The molecule has 1 aromatic heterocycles. The van der Waals surface area contributed by atoms with Crippen LogP contribution in [0.2, 0.25) is 0 Å². The van der Waals surface area contributed by atoms with Crippen molar-refractivity contribution in [2.24, 2.45) is 5.73 Å². The standard InChI is InChI=1S/C8H16N4O2/c9-3-1-2-7-4-12(11-10-7)5-8(14)6-13/h4,8,13-14H,1-3,5-6,9H2. The first-order chi connectivity index (χ1) is 6.76. The van der Waals surface area contributed by atoms with Gasteiger partial charge in [0.05, 0.1) is 24.9 Å². The van der Waals surface area contributed by atoms with Crippen molar-refractivity contribution < 1.29 is 10.2 Å². The summed E-state index contributed by atoms with van der Waals surface area (Å²) in [4.78, 5) is 0. The lowest BCUT2D eigenvalue weighted by Crippen LogP contribution is -2.20. The van der Waals surface area contributed by atoms with Gasteiger partial charge in [-0.1, -0.05) is 5.21 Å². The minimum Gasteiger partial charge on any atom is -0.394 e. The maximum absolute atomic E-state index is 9.14. The predicted octanol–water partition coefficient (Wildman–Crippen LogP) is -1.48. The number of aliphatic hydroxyl groups is 2. The van der Waals surface area contributed by atoms with Crippen LogP contribution in [0.15, 0.2) is 6.20 Å². The highest BCUT2D eigenvalue weighted by molar-refractivity contribution is 4.92. The fraction of sp³-hybridized carbons (Fsp3) is 0.750. The Balaban J connectivity index is 2.42. The van der Waals surface area contributed by atoms with Crippen LogP contribution in [0.25, 0.3) is 0 Å². The predicted molar refractivity (Wildman–Crippen MR) is 50.5 cm³/mol. The number of aliphatic hydroxyl groups excluding tert-OH is 2. The number of nitrogens with zero attached hydrogens (tertiary/aromatic N) is 3. The molecule has 0 saturated heterocycles. The second kappa shape index (κ2) is 5.69. The highest BCUT2D eigenvalue weighted by atomic mass is 16.3. The minimum atomic E-state index is -0.779. The van der Waals surface area contributed by atoms with Crippen LogP contribution in [-0.4, -0.2) is 44.5 Å². The van der Waals surface area contributed by atoms with Crippen LogP contribution in [0.5, 0.6) is 0 Å². The van der Waals surface area contributed by atoms with E-state index in [1.165, 1.54) is 4.68 Å². The van der Waals surface area contributed by atoms with E-state index in [2.05, 4.69) is 10.3 Å². The Morgan fingerprint density at radius 1 is 1.57 bits per heavy atom. The monoisotopic (exact) mass is 200 g/mol. The van der Waals surface area contributed by atoms with Crippen LogP contribution < -0.4 is 5.73 Å². The number of aromatic nitrogens is 3. The molecule has 0 fully saturated rings. The van der Waals surface area contributed by atoms with E-state index >= 15 is 0 Å². The fourth-order valence-electron chi connectivity index (χ4n) is 1.10. The summed E-state index contributed by atoms with van der Waals surface area (Å²) in [5.74, 6) is 0. The smallest absolute Gasteiger partial charge is 0.0966 e. The van der Waals surface area contributed by atoms with Crippen LogP contribution in [0, 0.1) is 0 Å². The molecule has 80 valence electrons. The van der Waals surface area contributed by atoms with Gasteiger partial charge in [-0.15, -0.1) is 5.10 Å². The van der Waals surface area contributed by atoms with E-state index in [0.717, 1.165) is 18.5 Å². The number of aryl methyl sites for hydroxylation is 1. The van der Waals surface area contributed by atoms with Gasteiger partial charge in [-0.25, -0.2) is 4.68 Å². The molecule has 1 unspecified atom stereocenters. The van der Waals surface area contributed by atoms with Crippen molar-refractivity contribution in [1.82, 2.24) is 15.0 Å². The van der Waals surface area contributed by atoms with Gasteiger partial charge >= 0.3 is 0 Å². The minimum absolute atomic E-state index is 0.266. The lowest BCUT2D eigenvalue weighted by atomic mass is 10.2. The molecule has 0 radical (unpaired) electrons. The van der Waals surface area contributed by atoms with Gasteiger partial charge < -0.3 is 15.9 Å². The summed E-state index contributed by atoms with van der Waals surface area (Å²) in [5.41, 5.74) is 6.22. The van der Waals surface area contributed by atoms with E-state index in [4.69, 9.17) is 15.9 Å². The van der Waals surface area contributed by atoms with E-state index < -0.39 is 6.10 Å². The van der Waals surface area contributed by atoms with Gasteiger partial charge in [-0.3, -0.25) is 0 Å². The van der Waals surface area contributed by atoms with Crippen molar-refractivity contribution >= 4 is 0 Å². The van der Waals surface area contributed by atoms with Gasteiger partial charge in [-0.05, 0) is 19.4 Å². The molecule has 0 aliphatic carbocycles. The van der Waals surface area contributed by atoms with Gasteiger partial charge in [0.25, 0.3) is 0 Å². The molecule has 1 rings (SSSR count). The molecular weight excluding hydrogens is 184 g/mol. The Labute approximate surface area is 82.3 Å². The Kier molecular flexibility index (Phi) is 4.51. The lowest BCUT2D eigenvalue weighted by Gasteiger charge is -2.04. The third-order valence-corrected chi connectivity index (χ3v) is 1.83. The van der Waals surface area contributed by atoms with Crippen molar-refractivity contribution in [3.05, 3.63) is 11.9 Å². The summed E-state index contributed by atoms with van der Waals surface area (Å²) in [6.45, 7) is 0.635. The summed E-state index contributed by atoms with van der Waals surface area (Å²) >= 11 is 0. The first-order valence-electron chi connectivity index (χ1n) is 4.64. The zero-order valence-corrected chi connectivity index (χ0v) is 8.00. The molecule has 0 bridgehead atoms. The Morgan fingerprint density at radius 3 is 3.00 bits per heavy atom. The van der Waals surface area contributed by atoms with Crippen molar-refractivity contribution in [3.8, 4) is 0 Å². The fourth-order valence-corrected chi connectivity index (χ4v) is 1.10. The Morgan fingerprint density at radius 2 is 2.36 bits per heavy atom. The van der Waals surface area contributed by atoms with Gasteiger partial charge in [0.2, 0.25) is 0 Å². The lowest BCUT2D eigenvalue weighted by molar-refractivity contribution is 0.0778. The second-order valence-corrected chi connectivity index (χ2v) is 3.16. The van der Waals surface area contributed by atoms with Crippen LogP contribution in [0.3, 0.4) is 0 Å². The van der Waals surface area contributed by atoms with Crippen molar-refractivity contribution in [2.75, 3.05) is 13.2 Å².